The SMILES string of the molecule is O=C(O)/C(=C/c1cc(I)c(OCc2ccccc2Cl)c(I)c1)Sc1nc2ccccc2[nH]1. The van der Waals surface area contributed by atoms with E-state index in [2.05, 4.69) is 55.1 Å². The maximum atomic E-state index is 11.9. The Hall–Kier alpha value is -1.76. The third-order valence-electron chi connectivity index (χ3n) is 4.43. The summed E-state index contributed by atoms with van der Waals surface area (Å²) in [5.74, 6) is -0.274. The van der Waals surface area contributed by atoms with E-state index in [1.165, 1.54) is 0 Å². The molecule has 32 heavy (non-hydrogen) atoms. The maximum Gasteiger partial charge on any atom is 0.342 e. The van der Waals surface area contributed by atoms with Gasteiger partial charge < -0.3 is 14.8 Å². The van der Waals surface area contributed by atoms with Gasteiger partial charge in [-0.25, -0.2) is 9.78 Å². The first-order chi connectivity index (χ1) is 15.4. The zero-order valence-corrected chi connectivity index (χ0v) is 22.2. The number of hydrogen-bond acceptors (Lipinski definition) is 4. The third-order valence-corrected chi connectivity index (χ3v) is 7.30. The van der Waals surface area contributed by atoms with Crippen LogP contribution < -0.4 is 4.74 Å². The molecule has 0 radical (unpaired) electrons. The largest absolute Gasteiger partial charge is 0.487 e. The Bertz CT molecular complexity index is 1280. The molecule has 0 bridgehead atoms. The Labute approximate surface area is 220 Å². The fraction of sp³-hybridized carbons (Fsp3) is 0.0435. The van der Waals surface area contributed by atoms with Gasteiger partial charge in [0.1, 0.15) is 17.3 Å². The Morgan fingerprint density at radius 1 is 1.12 bits per heavy atom. The number of aromatic nitrogens is 2. The van der Waals surface area contributed by atoms with E-state index in [1.807, 2.05) is 60.7 Å². The van der Waals surface area contributed by atoms with Crippen LogP contribution in [0.15, 0.2) is 70.7 Å². The van der Waals surface area contributed by atoms with Crippen LogP contribution in [0.2, 0.25) is 5.02 Å². The number of imidazole rings is 1. The molecule has 1 aromatic heterocycles. The van der Waals surface area contributed by atoms with Gasteiger partial charge in [-0.2, -0.15) is 0 Å². The number of fused-ring (bicyclic) bond motifs is 1. The molecule has 0 atom stereocenters. The summed E-state index contributed by atoms with van der Waals surface area (Å²) >= 11 is 11.7. The number of thioether (sulfide) groups is 1. The maximum absolute atomic E-state index is 11.9. The van der Waals surface area contributed by atoms with Crippen molar-refractivity contribution in [3.8, 4) is 5.75 Å². The molecule has 0 spiro atoms. The van der Waals surface area contributed by atoms with Crippen LogP contribution >= 0.6 is 68.5 Å². The van der Waals surface area contributed by atoms with Gasteiger partial charge in [0, 0.05) is 10.6 Å². The zero-order valence-electron chi connectivity index (χ0n) is 16.3. The number of nitrogens with zero attached hydrogens (tertiary/aromatic N) is 1. The number of carboxylic acids is 1. The topological polar surface area (TPSA) is 75.2 Å². The first-order valence-corrected chi connectivity index (χ1v) is 12.7. The highest BCUT2D eigenvalue weighted by Crippen LogP contribution is 2.33. The predicted octanol–water partition coefficient (Wildman–Crippen LogP) is 7.22. The molecule has 0 saturated heterocycles. The summed E-state index contributed by atoms with van der Waals surface area (Å²) in [4.78, 5) is 19.7. The average Bonchev–Trinajstić information content (AvgIpc) is 3.16. The summed E-state index contributed by atoms with van der Waals surface area (Å²) in [5.41, 5.74) is 3.33. The molecule has 0 aliphatic carbocycles. The van der Waals surface area contributed by atoms with Gasteiger partial charge in [-0.3, -0.25) is 0 Å². The van der Waals surface area contributed by atoms with Gasteiger partial charge in [0.2, 0.25) is 0 Å². The van der Waals surface area contributed by atoms with E-state index >= 15 is 0 Å². The highest BCUT2D eigenvalue weighted by atomic mass is 127. The number of halogens is 3. The van der Waals surface area contributed by atoms with E-state index in [1.54, 1.807) is 6.08 Å². The Kier molecular flexibility index (Phi) is 7.64. The van der Waals surface area contributed by atoms with Crippen molar-refractivity contribution in [2.75, 3.05) is 0 Å². The van der Waals surface area contributed by atoms with Crippen molar-refractivity contribution < 1.29 is 14.6 Å². The number of ether oxygens (including phenoxy) is 1. The predicted molar refractivity (Wildman–Crippen MR) is 145 cm³/mol. The van der Waals surface area contributed by atoms with Crippen LogP contribution in [-0.4, -0.2) is 21.0 Å². The van der Waals surface area contributed by atoms with Gasteiger partial charge >= 0.3 is 5.97 Å². The highest BCUT2D eigenvalue weighted by Gasteiger charge is 2.15. The van der Waals surface area contributed by atoms with E-state index in [9.17, 15) is 9.90 Å². The van der Waals surface area contributed by atoms with Crippen molar-refractivity contribution >= 4 is 91.6 Å². The molecule has 2 N–H and O–H groups in total. The second-order valence-electron chi connectivity index (χ2n) is 6.67. The first-order valence-electron chi connectivity index (χ1n) is 9.33. The molecule has 0 fully saturated rings. The van der Waals surface area contributed by atoms with Gasteiger partial charge in [-0.1, -0.05) is 41.9 Å². The minimum absolute atomic E-state index is 0.167. The first kappa shape index (κ1) is 23.4. The number of nitrogens with one attached hydrogen (secondary N) is 1. The van der Waals surface area contributed by atoms with Crippen molar-refractivity contribution in [2.24, 2.45) is 0 Å². The van der Waals surface area contributed by atoms with Crippen molar-refractivity contribution in [3.05, 3.63) is 88.9 Å². The van der Waals surface area contributed by atoms with Crippen molar-refractivity contribution in [1.29, 1.82) is 0 Å². The van der Waals surface area contributed by atoms with Crippen LogP contribution in [0.1, 0.15) is 11.1 Å². The minimum Gasteiger partial charge on any atom is -0.487 e. The Morgan fingerprint density at radius 2 is 1.81 bits per heavy atom. The van der Waals surface area contributed by atoms with E-state index in [-0.39, 0.29) is 4.91 Å². The lowest BCUT2D eigenvalue weighted by atomic mass is 10.2. The normalized spacial score (nSPS) is 11.7. The molecule has 4 rings (SSSR count). The molecule has 0 amide bonds. The van der Waals surface area contributed by atoms with E-state index in [4.69, 9.17) is 16.3 Å². The summed E-state index contributed by atoms with van der Waals surface area (Å²) in [6.45, 7) is 0.350. The molecule has 9 heteroatoms. The fourth-order valence-electron chi connectivity index (χ4n) is 2.93. The molecule has 162 valence electrons. The number of hydrogen-bond donors (Lipinski definition) is 2. The van der Waals surface area contributed by atoms with Crippen molar-refractivity contribution in [2.45, 2.75) is 11.8 Å². The molecule has 5 nitrogen and oxygen atoms in total. The number of aliphatic carboxylic acids is 1. The number of H-pyrrole nitrogens is 1. The van der Waals surface area contributed by atoms with E-state index in [0.29, 0.717) is 16.8 Å². The Balaban J connectivity index is 1.57. The van der Waals surface area contributed by atoms with Gasteiger partial charge in [-0.05, 0) is 98.9 Å². The summed E-state index contributed by atoms with van der Waals surface area (Å²) in [5, 5.41) is 10.9. The number of rotatable bonds is 7. The van der Waals surface area contributed by atoms with Gasteiger partial charge in [0.25, 0.3) is 0 Å². The van der Waals surface area contributed by atoms with Crippen LogP contribution in [0.25, 0.3) is 17.1 Å². The van der Waals surface area contributed by atoms with Crippen molar-refractivity contribution in [3.63, 3.8) is 0 Å². The highest BCUT2D eigenvalue weighted by molar-refractivity contribution is 14.1. The van der Waals surface area contributed by atoms with Crippen LogP contribution in [0.4, 0.5) is 0 Å². The summed E-state index contributed by atoms with van der Waals surface area (Å²) < 4.78 is 7.78. The van der Waals surface area contributed by atoms with Gasteiger partial charge in [-0.15, -0.1) is 0 Å². The molecule has 1 heterocycles. The standard InChI is InChI=1S/C23H15ClI2N2O3S/c24-15-6-2-1-5-14(15)12-31-21-16(25)9-13(10-17(21)26)11-20(22(29)30)32-23-27-18-7-3-4-8-19(18)28-23/h1-11H,12H2,(H,27,28)(H,29,30)/b20-11-. The average molecular weight is 689 g/mol. The number of carbonyl (C=O) groups is 1. The van der Waals surface area contributed by atoms with Gasteiger partial charge in [0.15, 0.2) is 5.16 Å². The lowest BCUT2D eigenvalue weighted by molar-refractivity contribution is -0.131. The second kappa shape index (κ2) is 10.4. The molecule has 0 aliphatic heterocycles. The number of para-hydroxylation sites is 2. The molecule has 4 aromatic rings. The number of aromatic amines is 1. The second-order valence-corrected chi connectivity index (χ2v) is 10.4. The van der Waals surface area contributed by atoms with Crippen LogP contribution in [0.5, 0.6) is 5.75 Å². The number of carboxylic acid groups (broad SMARTS) is 1. The smallest absolute Gasteiger partial charge is 0.342 e. The lowest BCUT2D eigenvalue weighted by Gasteiger charge is -2.12. The molecule has 0 saturated carbocycles. The molecular weight excluding hydrogens is 674 g/mol. The van der Waals surface area contributed by atoms with E-state index in [0.717, 1.165) is 46.8 Å². The molecule has 0 unspecified atom stereocenters. The van der Waals surface area contributed by atoms with Crippen molar-refractivity contribution in [1.82, 2.24) is 9.97 Å². The summed E-state index contributed by atoms with van der Waals surface area (Å²) in [6, 6.07) is 18.9. The fourth-order valence-corrected chi connectivity index (χ4v) is 6.05. The third kappa shape index (κ3) is 5.59. The monoisotopic (exact) mass is 688 g/mol. The lowest BCUT2D eigenvalue weighted by Crippen LogP contribution is -2.01. The quantitative estimate of drug-likeness (QED) is 0.122. The molecule has 3 aromatic carbocycles. The zero-order chi connectivity index (χ0) is 22.7. The molecule has 0 aliphatic rings. The summed E-state index contributed by atoms with van der Waals surface area (Å²) in [6.07, 6.45) is 1.64. The minimum atomic E-state index is -1.01. The van der Waals surface area contributed by atoms with Crippen LogP contribution in [0.3, 0.4) is 0 Å². The number of benzene rings is 3. The van der Waals surface area contributed by atoms with E-state index < -0.39 is 5.97 Å². The van der Waals surface area contributed by atoms with Crippen LogP contribution in [0, 0.1) is 7.14 Å². The Morgan fingerprint density at radius 3 is 2.50 bits per heavy atom. The van der Waals surface area contributed by atoms with Gasteiger partial charge in [0.05, 0.1) is 18.2 Å². The summed E-state index contributed by atoms with van der Waals surface area (Å²) in [7, 11) is 0. The molecular formula is C23H15ClI2N2O3S. The van der Waals surface area contributed by atoms with Crippen LogP contribution in [-0.2, 0) is 11.4 Å².